The quantitative estimate of drug-likeness (QED) is 0.921. The van der Waals surface area contributed by atoms with E-state index in [1.807, 2.05) is 55.4 Å². The van der Waals surface area contributed by atoms with Crippen LogP contribution >= 0.6 is 0 Å². The van der Waals surface area contributed by atoms with Gasteiger partial charge < -0.3 is 14.9 Å². The summed E-state index contributed by atoms with van der Waals surface area (Å²) in [6, 6.07) is 11.9. The summed E-state index contributed by atoms with van der Waals surface area (Å²) in [6.45, 7) is 3.01. The van der Waals surface area contributed by atoms with Crippen LogP contribution in [0.25, 0.3) is 10.8 Å². The molecule has 2 aromatic carbocycles. The molecule has 4 heteroatoms. The second-order valence-corrected chi connectivity index (χ2v) is 6.28. The zero-order chi connectivity index (χ0) is 15.9. The minimum Gasteiger partial charge on any atom is -0.390 e. The molecule has 0 aliphatic carbocycles. The van der Waals surface area contributed by atoms with Crippen molar-refractivity contribution in [3.8, 4) is 0 Å². The van der Waals surface area contributed by atoms with Crippen LogP contribution in [0.5, 0.6) is 0 Å². The smallest absolute Gasteiger partial charge is 0.254 e. The van der Waals surface area contributed by atoms with Crippen LogP contribution in [0.1, 0.15) is 15.9 Å². The zero-order valence-electron chi connectivity index (χ0n) is 13.3. The van der Waals surface area contributed by atoms with E-state index in [1.165, 1.54) is 5.56 Å². The summed E-state index contributed by atoms with van der Waals surface area (Å²) in [6.07, 6.45) is -0.490. The molecule has 1 aliphatic heterocycles. The molecule has 3 rings (SSSR count). The summed E-state index contributed by atoms with van der Waals surface area (Å²) in [5.74, 6) is -0.000370. The Bertz CT molecular complexity index is 711. The lowest BCUT2D eigenvalue weighted by molar-refractivity contribution is 0.0766. The number of rotatable bonds is 2. The van der Waals surface area contributed by atoms with Gasteiger partial charge in [-0.2, -0.15) is 0 Å². The molecule has 4 nitrogen and oxygen atoms in total. The molecule has 0 unspecified atom stereocenters. The van der Waals surface area contributed by atoms with Crippen molar-refractivity contribution in [3.63, 3.8) is 0 Å². The molecule has 0 bridgehead atoms. The number of hydrogen-bond acceptors (Lipinski definition) is 3. The largest absolute Gasteiger partial charge is 0.390 e. The summed E-state index contributed by atoms with van der Waals surface area (Å²) in [7, 11) is 3.87. The standard InChI is InChI=1S/C18H22N2O2/c1-12-8-9-15(14-7-5-4-6-13(12)14)18(22)20-10-16(19(2)3)17(21)11-20/h4-9,16-17,21H,10-11H2,1-3H3/t16-,17-/m0/s1. The molecule has 0 saturated carbocycles. The van der Waals surface area contributed by atoms with Crippen molar-refractivity contribution in [2.24, 2.45) is 0 Å². The van der Waals surface area contributed by atoms with Crippen LogP contribution in [0.4, 0.5) is 0 Å². The molecule has 1 fully saturated rings. The Kier molecular flexibility index (Phi) is 3.89. The number of carbonyl (C=O) groups is 1. The molecule has 22 heavy (non-hydrogen) atoms. The number of nitrogens with zero attached hydrogens (tertiary/aromatic N) is 2. The topological polar surface area (TPSA) is 43.8 Å². The third-order valence-corrected chi connectivity index (χ3v) is 4.58. The zero-order valence-corrected chi connectivity index (χ0v) is 13.3. The number of benzene rings is 2. The van der Waals surface area contributed by atoms with Crippen LogP contribution in [0.2, 0.25) is 0 Å². The van der Waals surface area contributed by atoms with Crippen LogP contribution in [-0.2, 0) is 0 Å². The summed E-state index contributed by atoms with van der Waals surface area (Å²) in [5.41, 5.74) is 1.88. The van der Waals surface area contributed by atoms with Gasteiger partial charge in [0.05, 0.1) is 12.1 Å². The molecule has 1 amide bonds. The lowest BCUT2D eigenvalue weighted by atomic mass is 9.99. The van der Waals surface area contributed by atoms with Crippen LogP contribution < -0.4 is 0 Å². The van der Waals surface area contributed by atoms with Crippen LogP contribution in [-0.4, -0.2) is 60.1 Å². The third-order valence-electron chi connectivity index (χ3n) is 4.58. The molecule has 1 saturated heterocycles. The fraction of sp³-hybridized carbons (Fsp3) is 0.389. The van der Waals surface area contributed by atoms with Gasteiger partial charge in [0.2, 0.25) is 0 Å². The van der Waals surface area contributed by atoms with Gasteiger partial charge in [-0.25, -0.2) is 0 Å². The maximum atomic E-state index is 12.9. The van der Waals surface area contributed by atoms with Crippen LogP contribution in [0, 0.1) is 6.92 Å². The Morgan fingerprint density at radius 1 is 1.14 bits per heavy atom. The molecule has 2 aromatic rings. The number of fused-ring (bicyclic) bond motifs is 1. The van der Waals surface area contributed by atoms with Crippen molar-refractivity contribution in [1.82, 2.24) is 9.80 Å². The second-order valence-electron chi connectivity index (χ2n) is 6.28. The number of likely N-dealkylation sites (N-methyl/N-ethyl adjacent to an activating group) is 1. The number of aliphatic hydroxyl groups is 1. The van der Waals surface area contributed by atoms with Crippen molar-refractivity contribution >= 4 is 16.7 Å². The first-order valence-corrected chi connectivity index (χ1v) is 7.61. The maximum Gasteiger partial charge on any atom is 0.254 e. The summed E-state index contributed by atoms with van der Waals surface area (Å²) >= 11 is 0. The molecule has 0 spiro atoms. The fourth-order valence-electron chi connectivity index (χ4n) is 3.25. The lowest BCUT2D eigenvalue weighted by Crippen LogP contribution is -2.38. The van der Waals surface area contributed by atoms with Gasteiger partial charge in [-0.05, 0) is 43.4 Å². The molecule has 1 heterocycles. The number of hydrogen-bond donors (Lipinski definition) is 1. The first-order valence-electron chi connectivity index (χ1n) is 7.61. The average Bonchev–Trinajstić information content (AvgIpc) is 2.89. The number of aliphatic hydroxyl groups excluding tert-OH is 1. The average molecular weight is 298 g/mol. The van der Waals surface area contributed by atoms with E-state index >= 15 is 0 Å². The summed E-state index contributed by atoms with van der Waals surface area (Å²) in [4.78, 5) is 16.6. The number of carbonyl (C=O) groups excluding carboxylic acids is 1. The van der Waals surface area contributed by atoms with E-state index in [1.54, 1.807) is 4.90 Å². The van der Waals surface area contributed by atoms with Crippen molar-refractivity contribution in [3.05, 3.63) is 47.5 Å². The fourth-order valence-corrected chi connectivity index (χ4v) is 3.25. The minimum absolute atomic E-state index is 0.000370. The first kappa shape index (κ1) is 15.0. The summed E-state index contributed by atoms with van der Waals surface area (Å²) < 4.78 is 0. The van der Waals surface area contributed by atoms with E-state index in [9.17, 15) is 9.90 Å². The number of likely N-dealkylation sites (tertiary alicyclic amines) is 1. The van der Waals surface area contributed by atoms with E-state index in [2.05, 4.69) is 6.92 Å². The minimum atomic E-state index is -0.490. The monoisotopic (exact) mass is 298 g/mol. The van der Waals surface area contributed by atoms with Crippen molar-refractivity contribution < 1.29 is 9.90 Å². The van der Waals surface area contributed by atoms with Gasteiger partial charge in [-0.3, -0.25) is 4.79 Å². The number of β-amino-alcohol motifs (C(OH)–C–C–N with tert-alkyl or cyclic N) is 1. The molecule has 0 aromatic heterocycles. The second kappa shape index (κ2) is 5.71. The van der Waals surface area contributed by atoms with Crippen molar-refractivity contribution in [2.75, 3.05) is 27.2 Å². The number of amides is 1. The molecule has 2 atom stereocenters. The Labute approximate surface area is 131 Å². The molecule has 0 radical (unpaired) electrons. The van der Waals surface area contributed by atoms with Gasteiger partial charge >= 0.3 is 0 Å². The van der Waals surface area contributed by atoms with E-state index in [0.29, 0.717) is 18.7 Å². The molecular weight excluding hydrogens is 276 g/mol. The SMILES string of the molecule is Cc1ccc(C(=O)N2C[C@H](O)[C@@H](N(C)C)C2)c2ccccc12. The first-order chi connectivity index (χ1) is 10.5. The highest BCUT2D eigenvalue weighted by Gasteiger charge is 2.35. The van der Waals surface area contributed by atoms with Crippen LogP contribution in [0.15, 0.2) is 36.4 Å². The predicted octanol–water partition coefficient (Wildman–Crippen LogP) is 1.90. The van der Waals surface area contributed by atoms with Gasteiger partial charge in [0.1, 0.15) is 0 Å². The Hall–Kier alpha value is -1.91. The van der Waals surface area contributed by atoms with Gasteiger partial charge in [0.15, 0.2) is 0 Å². The summed E-state index contributed by atoms with van der Waals surface area (Å²) in [5, 5.41) is 12.2. The number of aryl methyl sites for hydroxylation is 1. The Morgan fingerprint density at radius 3 is 2.45 bits per heavy atom. The van der Waals surface area contributed by atoms with Gasteiger partial charge in [0, 0.05) is 18.7 Å². The van der Waals surface area contributed by atoms with Crippen molar-refractivity contribution in [1.29, 1.82) is 0 Å². The van der Waals surface area contributed by atoms with E-state index in [0.717, 1.165) is 10.8 Å². The van der Waals surface area contributed by atoms with Gasteiger partial charge in [-0.1, -0.05) is 30.3 Å². The van der Waals surface area contributed by atoms with E-state index in [4.69, 9.17) is 0 Å². The molecule has 1 N–H and O–H groups in total. The van der Waals surface area contributed by atoms with Gasteiger partial charge in [-0.15, -0.1) is 0 Å². The normalized spacial score (nSPS) is 21.8. The Balaban J connectivity index is 1.96. The third kappa shape index (κ3) is 2.49. The maximum absolute atomic E-state index is 12.9. The highest BCUT2D eigenvalue weighted by Crippen LogP contribution is 2.25. The highest BCUT2D eigenvalue weighted by molar-refractivity contribution is 6.07. The van der Waals surface area contributed by atoms with Gasteiger partial charge in [0.25, 0.3) is 5.91 Å². The Morgan fingerprint density at radius 2 is 1.82 bits per heavy atom. The van der Waals surface area contributed by atoms with E-state index < -0.39 is 6.10 Å². The highest BCUT2D eigenvalue weighted by atomic mass is 16.3. The lowest BCUT2D eigenvalue weighted by Gasteiger charge is -2.21. The molecule has 116 valence electrons. The van der Waals surface area contributed by atoms with E-state index in [-0.39, 0.29) is 11.9 Å². The van der Waals surface area contributed by atoms with Crippen LogP contribution in [0.3, 0.4) is 0 Å². The predicted molar refractivity (Wildman–Crippen MR) is 88.1 cm³/mol. The van der Waals surface area contributed by atoms with Crippen molar-refractivity contribution in [2.45, 2.75) is 19.1 Å². The molecular formula is C18H22N2O2. The molecule has 1 aliphatic rings.